The molecule has 0 bridgehead atoms. The lowest BCUT2D eigenvalue weighted by Crippen LogP contribution is -2.42. The third-order valence-electron chi connectivity index (χ3n) is 4.99. The van der Waals surface area contributed by atoms with Gasteiger partial charge in [-0.2, -0.15) is 8.42 Å². The highest BCUT2D eigenvalue weighted by atomic mass is 32.2. The van der Waals surface area contributed by atoms with E-state index in [1.165, 1.54) is 12.1 Å². The molecule has 0 spiro atoms. The Labute approximate surface area is 162 Å². The van der Waals surface area contributed by atoms with Gasteiger partial charge in [0.1, 0.15) is 17.3 Å². The van der Waals surface area contributed by atoms with E-state index in [2.05, 4.69) is 4.40 Å². The molecule has 4 rings (SSSR count). The summed E-state index contributed by atoms with van der Waals surface area (Å²) in [5.74, 6) is -0.869. The molecule has 0 aliphatic carbocycles. The molecule has 1 saturated heterocycles. The smallest absolute Gasteiger partial charge is 0.311 e. The molecule has 2 heterocycles. The molecule has 2 aromatic carbocycles. The molecule has 8 heteroatoms. The molecular formula is C20H19FN2O4S. The Bertz CT molecular complexity index is 1050. The summed E-state index contributed by atoms with van der Waals surface area (Å²) in [5, 5.41) is 0. The van der Waals surface area contributed by atoms with Crippen LogP contribution < -0.4 is 0 Å². The summed E-state index contributed by atoms with van der Waals surface area (Å²) >= 11 is 0. The van der Waals surface area contributed by atoms with Crippen molar-refractivity contribution in [2.75, 3.05) is 13.1 Å². The second-order valence-electron chi connectivity index (χ2n) is 6.87. The van der Waals surface area contributed by atoms with Crippen LogP contribution in [0.1, 0.15) is 24.0 Å². The van der Waals surface area contributed by atoms with E-state index < -0.39 is 27.7 Å². The lowest BCUT2D eigenvalue weighted by Gasteiger charge is -2.32. The van der Waals surface area contributed by atoms with Crippen LogP contribution in [-0.2, 0) is 26.2 Å². The number of nitrogens with zero attached hydrogens (tertiary/aromatic N) is 2. The number of benzene rings is 2. The monoisotopic (exact) mass is 402 g/mol. The van der Waals surface area contributed by atoms with E-state index in [0.29, 0.717) is 42.9 Å². The lowest BCUT2D eigenvalue weighted by molar-refractivity contribution is -0.151. The first-order valence-electron chi connectivity index (χ1n) is 9.05. The van der Waals surface area contributed by atoms with Crippen LogP contribution in [0.15, 0.2) is 57.8 Å². The lowest BCUT2D eigenvalue weighted by atomic mass is 9.97. The quantitative estimate of drug-likeness (QED) is 0.738. The van der Waals surface area contributed by atoms with Gasteiger partial charge >= 0.3 is 5.97 Å². The predicted octanol–water partition coefficient (Wildman–Crippen LogP) is 2.73. The van der Waals surface area contributed by atoms with Gasteiger partial charge in [0.15, 0.2) is 5.84 Å². The van der Waals surface area contributed by atoms with Crippen molar-refractivity contribution in [2.45, 2.75) is 24.3 Å². The second kappa shape index (κ2) is 7.35. The molecule has 2 aromatic rings. The summed E-state index contributed by atoms with van der Waals surface area (Å²) < 4.78 is 47.5. The molecule has 0 aromatic heterocycles. The van der Waals surface area contributed by atoms with E-state index in [1.54, 1.807) is 36.4 Å². The van der Waals surface area contributed by atoms with Crippen molar-refractivity contribution >= 4 is 21.8 Å². The van der Waals surface area contributed by atoms with Crippen molar-refractivity contribution < 1.29 is 22.3 Å². The van der Waals surface area contributed by atoms with Crippen LogP contribution in [0.2, 0.25) is 0 Å². The summed E-state index contributed by atoms with van der Waals surface area (Å²) in [7, 11) is -3.70. The number of rotatable bonds is 3. The second-order valence-corrected chi connectivity index (χ2v) is 8.44. The first kappa shape index (κ1) is 18.6. The van der Waals surface area contributed by atoms with E-state index >= 15 is 0 Å². The number of esters is 1. The zero-order chi connectivity index (χ0) is 19.7. The van der Waals surface area contributed by atoms with Crippen LogP contribution in [0.25, 0.3) is 0 Å². The minimum atomic E-state index is -3.70. The Morgan fingerprint density at radius 2 is 1.93 bits per heavy atom. The topological polar surface area (TPSA) is 76.0 Å². The van der Waals surface area contributed by atoms with E-state index in [1.807, 2.05) is 4.90 Å². The van der Waals surface area contributed by atoms with Crippen LogP contribution in [0, 0.1) is 11.7 Å². The predicted molar refractivity (Wildman–Crippen MR) is 101 cm³/mol. The Hall–Kier alpha value is -2.74. The molecule has 146 valence electrons. The summed E-state index contributed by atoms with van der Waals surface area (Å²) in [6.45, 7) is 0.804. The fourth-order valence-electron chi connectivity index (χ4n) is 3.56. The Morgan fingerprint density at radius 1 is 1.18 bits per heavy atom. The Balaban J connectivity index is 1.47. The largest absolute Gasteiger partial charge is 0.460 e. The van der Waals surface area contributed by atoms with Gasteiger partial charge in [-0.05, 0) is 31.0 Å². The number of sulfonamides is 1. The number of carbonyl (C=O) groups excluding carboxylic acids is 1. The summed E-state index contributed by atoms with van der Waals surface area (Å²) in [6.07, 6.45) is 1.34. The molecule has 1 atom stereocenters. The molecule has 6 nitrogen and oxygen atoms in total. The molecule has 0 radical (unpaired) electrons. The number of likely N-dealkylation sites (tertiary alicyclic amines) is 1. The number of hydrogen-bond acceptors (Lipinski definition) is 5. The van der Waals surface area contributed by atoms with Crippen molar-refractivity contribution in [1.29, 1.82) is 0 Å². The first-order valence-corrected chi connectivity index (χ1v) is 10.5. The maximum absolute atomic E-state index is 13.7. The summed E-state index contributed by atoms with van der Waals surface area (Å²) in [5.41, 5.74) is 0.881. The molecule has 28 heavy (non-hydrogen) atoms. The van der Waals surface area contributed by atoms with Gasteiger partial charge in [-0.1, -0.05) is 30.3 Å². The van der Waals surface area contributed by atoms with Crippen LogP contribution in [0.3, 0.4) is 0 Å². The highest BCUT2D eigenvalue weighted by Crippen LogP contribution is 2.30. The normalized spacial score (nSPS) is 20.4. The van der Waals surface area contributed by atoms with Crippen molar-refractivity contribution in [3.05, 3.63) is 65.5 Å². The van der Waals surface area contributed by atoms with Crippen LogP contribution in [0.5, 0.6) is 0 Å². The van der Waals surface area contributed by atoms with Gasteiger partial charge < -0.3 is 9.64 Å². The standard InChI is InChI=1S/C20H19FN2O4S/c21-17-9-3-1-6-15(17)13-27-20(24)14-7-5-11-23(12-14)19-16-8-2-4-10-18(16)28(25,26)22-19/h1-4,6,8-10,14H,5,7,11-13H2. The van der Waals surface area contributed by atoms with E-state index in [0.717, 1.165) is 0 Å². The third kappa shape index (κ3) is 3.52. The van der Waals surface area contributed by atoms with Gasteiger partial charge in [-0.15, -0.1) is 4.40 Å². The molecule has 1 unspecified atom stereocenters. The SMILES string of the molecule is O=C(OCc1ccccc1F)C1CCCN(C2=NS(=O)(=O)c3ccccc32)C1. The molecule has 1 fully saturated rings. The van der Waals surface area contributed by atoms with Gasteiger partial charge in [-0.25, -0.2) is 4.39 Å². The van der Waals surface area contributed by atoms with Gasteiger partial charge in [-0.3, -0.25) is 4.79 Å². The fraction of sp³-hybridized carbons (Fsp3) is 0.300. The third-order valence-corrected chi connectivity index (χ3v) is 6.32. The van der Waals surface area contributed by atoms with E-state index in [9.17, 15) is 17.6 Å². The number of amidine groups is 1. The number of piperidine rings is 1. The van der Waals surface area contributed by atoms with E-state index in [-0.39, 0.29) is 11.5 Å². The molecule has 0 N–H and O–H groups in total. The maximum atomic E-state index is 13.7. The van der Waals surface area contributed by atoms with E-state index in [4.69, 9.17) is 4.74 Å². The zero-order valence-electron chi connectivity index (χ0n) is 15.0. The zero-order valence-corrected chi connectivity index (χ0v) is 15.9. The number of carbonyl (C=O) groups is 1. The Kier molecular flexibility index (Phi) is 4.89. The van der Waals surface area contributed by atoms with Gasteiger partial charge in [0.2, 0.25) is 0 Å². The molecule has 0 amide bonds. The van der Waals surface area contributed by atoms with Crippen LogP contribution in [0.4, 0.5) is 4.39 Å². The van der Waals surface area contributed by atoms with Crippen molar-refractivity contribution in [1.82, 2.24) is 4.90 Å². The molecule has 2 aliphatic heterocycles. The number of hydrogen-bond donors (Lipinski definition) is 0. The van der Waals surface area contributed by atoms with Crippen molar-refractivity contribution in [3.8, 4) is 0 Å². The summed E-state index contributed by atoms with van der Waals surface area (Å²) in [4.78, 5) is 14.5. The first-order chi connectivity index (χ1) is 13.5. The molecule has 0 saturated carbocycles. The number of halogens is 1. The van der Waals surface area contributed by atoms with Crippen LogP contribution >= 0.6 is 0 Å². The molecule has 2 aliphatic rings. The fourth-order valence-corrected chi connectivity index (χ4v) is 4.79. The molecular weight excluding hydrogens is 383 g/mol. The highest BCUT2D eigenvalue weighted by molar-refractivity contribution is 7.90. The van der Waals surface area contributed by atoms with Gasteiger partial charge in [0, 0.05) is 24.2 Å². The minimum absolute atomic E-state index is 0.125. The number of fused-ring (bicyclic) bond motifs is 1. The van der Waals surface area contributed by atoms with Crippen LogP contribution in [-0.4, -0.2) is 38.2 Å². The Morgan fingerprint density at radius 3 is 2.75 bits per heavy atom. The number of ether oxygens (including phenoxy) is 1. The average Bonchev–Trinajstić information content (AvgIpc) is 2.99. The maximum Gasteiger partial charge on any atom is 0.311 e. The van der Waals surface area contributed by atoms with Crippen molar-refractivity contribution in [2.24, 2.45) is 10.3 Å². The minimum Gasteiger partial charge on any atom is -0.460 e. The average molecular weight is 402 g/mol. The summed E-state index contributed by atoms with van der Waals surface area (Å²) in [6, 6.07) is 12.8. The van der Waals surface area contributed by atoms with Crippen molar-refractivity contribution in [3.63, 3.8) is 0 Å². The highest BCUT2D eigenvalue weighted by Gasteiger charge is 2.35. The van der Waals surface area contributed by atoms with Gasteiger partial charge in [0.25, 0.3) is 10.0 Å². The van der Waals surface area contributed by atoms with Gasteiger partial charge in [0.05, 0.1) is 5.92 Å².